The van der Waals surface area contributed by atoms with Crippen molar-refractivity contribution in [1.82, 2.24) is 19.7 Å². The van der Waals surface area contributed by atoms with Crippen molar-refractivity contribution < 1.29 is 9.18 Å². The van der Waals surface area contributed by atoms with Gasteiger partial charge >= 0.3 is 0 Å². The zero-order valence-electron chi connectivity index (χ0n) is 17.3. The lowest BCUT2D eigenvalue weighted by atomic mass is 9.95. The Morgan fingerprint density at radius 1 is 1.33 bits per heavy atom. The minimum absolute atomic E-state index is 0.0606. The van der Waals surface area contributed by atoms with Gasteiger partial charge in [-0.2, -0.15) is 5.10 Å². The lowest BCUT2D eigenvalue weighted by Gasteiger charge is -2.24. The average Bonchev–Trinajstić information content (AvgIpc) is 3.28. The molecule has 0 radical (unpaired) electrons. The predicted molar refractivity (Wildman–Crippen MR) is 113 cm³/mol. The van der Waals surface area contributed by atoms with Crippen LogP contribution >= 0.6 is 0 Å². The van der Waals surface area contributed by atoms with Crippen molar-refractivity contribution in [2.45, 2.75) is 31.2 Å². The first kappa shape index (κ1) is 18.8. The minimum atomic E-state index is -0.509. The minimum Gasteiger partial charge on any atom is -0.369 e. The van der Waals surface area contributed by atoms with Crippen molar-refractivity contribution >= 4 is 11.7 Å². The molecule has 1 N–H and O–H groups in total. The van der Waals surface area contributed by atoms with Crippen LogP contribution in [0.2, 0.25) is 0 Å². The number of benzene rings is 1. The van der Waals surface area contributed by atoms with Crippen LogP contribution in [0.5, 0.6) is 0 Å². The van der Waals surface area contributed by atoms with Crippen LogP contribution in [0.4, 0.5) is 10.2 Å². The van der Waals surface area contributed by atoms with Crippen molar-refractivity contribution in [1.29, 1.82) is 0 Å². The molecular weight excluding hydrogens is 381 g/mol. The predicted octanol–water partition coefficient (Wildman–Crippen LogP) is 3.91. The molecule has 3 aromatic rings. The van der Waals surface area contributed by atoms with Gasteiger partial charge in [0.25, 0.3) is 5.91 Å². The van der Waals surface area contributed by atoms with E-state index in [1.165, 1.54) is 5.56 Å². The van der Waals surface area contributed by atoms with E-state index in [1.54, 1.807) is 47.2 Å². The maximum absolute atomic E-state index is 15.5. The normalized spacial score (nSPS) is 16.8. The molecular formula is C23H24FN5O. The number of halogens is 1. The first-order valence-electron chi connectivity index (χ1n) is 10.2. The second-order valence-corrected chi connectivity index (χ2v) is 8.46. The number of rotatable bonds is 4. The van der Waals surface area contributed by atoms with Crippen molar-refractivity contribution in [3.63, 3.8) is 0 Å². The van der Waals surface area contributed by atoms with Crippen molar-refractivity contribution in [2.24, 2.45) is 7.05 Å². The van der Waals surface area contributed by atoms with Crippen LogP contribution in [-0.2, 0) is 12.5 Å². The molecule has 1 aromatic carbocycles. The summed E-state index contributed by atoms with van der Waals surface area (Å²) in [4.78, 5) is 19.2. The number of pyridine rings is 1. The number of carbonyl (C=O) groups excluding carboxylic acids is 1. The summed E-state index contributed by atoms with van der Waals surface area (Å²) in [6, 6.07) is 6.79. The molecule has 6 nitrogen and oxygen atoms in total. The number of aromatic nitrogens is 3. The lowest BCUT2D eigenvalue weighted by Crippen LogP contribution is -2.30. The second kappa shape index (κ2) is 6.65. The molecule has 7 heteroatoms. The maximum Gasteiger partial charge on any atom is 0.257 e. The third-order valence-corrected chi connectivity index (χ3v) is 6.56. The first-order valence-corrected chi connectivity index (χ1v) is 10.2. The summed E-state index contributed by atoms with van der Waals surface area (Å²) >= 11 is 0. The third-order valence-electron chi connectivity index (χ3n) is 6.56. The molecule has 1 spiro atoms. The van der Waals surface area contributed by atoms with Crippen LogP contribution < -0.4 is 5.32 Å². The number of nitrogens with one attached hydrogen (secondary N) is 1. The number of nitrogens with zero attached hydrogens (tertiary/aromatic N) is 4. The number of fused-ring (bicyclic) bond motifs is 2. The largest absolute Gasteiger partial charge is 0.369 e. The highest BCUT2D eigenvalue weighted by Gasteiger charge is 2.49. The fourth-order valence-corrected chi connectivity index (χ4v) is 4.27. The summed E-state index contributed by atoms with van der Waals surface area (Å²) in [7, 11) is 3.51. The van der Waals surface area contributed by atoms with Gasteiger partial charge in [0.05, 0.1) is 17.8 Å². The molecule has 1 fully saturated rings. The highest BCUT2D eigenvalue weighted by Crippen LogP contribution is 2.54. The van der Waals surface area contributed by atoms with Gasteiger partial charge in [-0.25, -0.2) is 9.37 Å². The highest BCUT2D eigenvalue weighted by molar-refractivity contribution is 5.96. The fourth-order valence-electron chi connectivity index (χ4n) is 4.27. The Bertz CT molecular complexity index is 1150. The molecule has 1 aliphatic carbocycles. The topological polar surface area (TPSA) is 63.1 Å². The molecule has 0 saturated heterocycles. The van der Waals surface area contributed by atoms with Crippen LogP contribution in [0, 0.1) is 5.82 Å². The Kier molecular flexibility index (Phi) is 4.17. The lowest BCUT2D eigenvalue weighted by molar-refractivity contribution is 0.0738. The Balaban J connectivity index is 1.47. The zero-order chi connectivity index (χ0) is 21.0. The Labute approximate surface area is 174 Å². The SMILES string of the molecule is C[C@@H](c1cnn(C)c1)N(C)C(=O)c1cccc(-c2cnc3c(c2)C2(CC2)CN3)c1F. The van der Waals surface area contributed by atoms with Crippen LogP contribution in [0.1, 0.15) is 47.3 Å². The Morgan fingerprint density at radius 2 is 2.13 bits per heavy atom. The van der Waals surface area contributed by atoms with Crippen LogP contribution in [0.3, 0.4) is 0 Å². The molecule has 1 atom stereocenters. The zero-order valence-corrected chi connectivity index (χ0v) is 17.3. The van der Waals surface area contributed by atoms with Crippen LogP contribution in [0.15, 0.2) is 42.9 Å². The van der Waals surface area contributed by atoms with Crippen molar-refractivity contribution in [3.05, 3.63) is 65.4 Å². The molecule has 1 saturated carbocycles. The molecule has 5 rings (SSSR count). The molecule has 1 aliphatic heterocycles. The summed E-state index contributed by atoms with van der Waals surface area (Å²) < 4.78 is 17.2. The number of hydrogen-bond acceptors (Lipinski definition) is 4. The van der Waals surface area contributed by atoms with Gasteiger partial charge in [-0.15, -0.1) is 0 Å². The summed E-state index contributed by atoms with van der Waals surface area (Å²) in [6.45, 7) is 2.81. The summed E-state index contributed by atoms with van der Waals surface area (Å²) in [6.07, 6.45) is 7.53. The van der Waals surface area contributed by atoms with E-state index in [-0.39, 0.29) is 22.9 Å². The van der Waals surface area contributed by atoms with Gasteiger partial charge in [0.1, 0.15) is 11.6 Å². The number of aryl methyl sites for hydroxylation is 1. The fraction of sp³-hybridized carbons (Fsp3) is 0.348. The molecule has 1 amide bonds. The molecule has 0 unspecified atom stereocenters. The van der Waals surface area contributed by atoms with Gasteiger partial charge in [-0.05, 0) is 31.9 Å². The van der Waals surface area contributed by atoms with Gasteiger partial charge in [0, 0.05) is 60.7 Å². The van der Waals surface area contributed by atoms with E-state index in [0.717, 1.165) is 30.8 Å². The van der Waals surface area contributed by atoms with E-state index < -0.39 is 5.82 Å². The van der Waals surface area contributed by atoms with E-state index >= 15 is 4.39 Å². The smallest absolute Gasteiger partial charge is 0.257 e. The van der Waals surface area contributed by atoms with Gasteiger partial charge in [0.2, 0.25) is 0 Å². The summed E-state index contributed by atoms with van der Waals surface area (Å²) in [5.41, 5.74) is 3.40. The third kappa shape index (κ3) is 2.88. The van der Waals surface area contributed by atoms with Gasteiger partial charge in [-0.3, -0.25) is 9.48 Å². The van der Waals surface area contributed by atoms with E-state index in [1.807, 2.05) is 26.2 Å². The Morgan fingerprint density at radius 3 is 2.83 bits per heavy atom. The standard InChI is InChI=1S/C23H24FN5O/c1-14(16-11-27-28(2)12-16)29(3)22(30)18-6-4-5-17(20(18)24)15-9-19-21(25-10-15)26-13-23(19)7-8-23/h4-6,9-12,14H,7-8,13H2,1-3H3,(H,25,26)/t14-/m0/s1. The monoisotopic (exact) mass is 405 g/mol. The highest BCUT2D eigenvalue weighted by atomic mass is 19.1. The molecule has 0 bridgehead atoms. The molecule has 3 heterocycles. The number of amides is 1. The average molecular weight is 405 g/mol. The molecule has 2 aliphatic rings. The van der Waals surface area contributed by atoms with Crippen LogP contribution in [0.25, 0.3) is 11.1 Å². The quantitative estimate of drug-likeness (QED) is 0.715. The number of carbonyl (C=O) groups is 1. The second-order valence-electron chi connectivity index (χ2n) is 8.46. The maximum atomic E-state index is 15.5. The number of anilines is 1. The van der Waals surface area contributed by atoms with E-state index in [9.17, 15) is 4.79 Å². The summed E-state index contributed by atoms with van der Waals surface area (Å²) in [5, 5.41) is 7.51. The van der Waals surface area contributed by atoms with E-state index in [4.69, 9.17) is 0 Å². The van der Waals surface area contributed by atoms with Gasteiger partial charge in [-0.1, -0.05) is 12.1 Å². The number of hydrogen-bond donors (Lipinski definition) is 1. The van der Waals surface area contributed by atoms with Crippen molar-refractivity contribution in [2.75, 3.05) is 18.9 Å². The van der Waals surface area contributed by atoms with E-state index in [0.29, 0.717) is 11.1 Å². The van der Waals surface area contributed by atoms with E-state index in [2.05, 4.69) is 15.4 Å². The van der Waals surface area contributed by atoms with Gasteiger partial charge < -0.3 is 10.2 Å². The first-order chi connectivity index (χ1) is 14.4. The van der Waals surface area contributed by atoms with Crippen molar-refractivity contribution in [3.8, 4) is 11.1 Å². The Hall–Kier alpha value is -3.22. The van der Waals surface area contributed by atoms with Crippen LogP contribution in [-0.4, -0.2) is 39.2 Å². The summed E-state index contributed by atoms with van der Waals surface area (Å²) in [5.74, 6) is 0.0272. The molecule has 154 valence electrons. The van der Waals surface area contributed by atoms with Gasteiger partial charge in [0.15, 0.2) is 0 Å². The molecule has 30 heavy (non-hydrogen) atoms. The molecule has 2 aromatic heterocycles.